The first kappa shape index (κ1) is 20.9. The molecule has 30 heavy (non-hydrogen) atoms. The third-order valence-electron chi connectivity index (χ3n) is 4.15. The first-order valence-corrected chi connectivity index (χ1v) is 9.72. The standard InChI is InChI=1S/C23H25N5O2/c1-17(2)26-23(30)27-20-11-8-18(9-12-20)14-24-22(29)13-10-19-15-25-28(16-19)21-6-4-3-5-7-21/h3-13,15-17H,14H2,1-2H3,(H,24,29)(H2,26,27,30)/b13-10+. The Morgan fingerprint density at radius 1 is 1.07 bits per heavy atom. The molecule has 1 heterocycles. The van der Waals surface area contributed by atoms with Crippen LogP contribution in [-0.4, -0.2) is 27.8 Å². The molecule has 0 aliphatic heterocycles. The van der Waals surface area contributed by atoms with Crippen molar-refractivity contribution in [1.82, 2.24) is 20.4 Å². The summed E-state index contributed by atoms with van der Waals surface area (Å²) in [5.41, 5.74) is 3.42. The van der Waals surface area contributed by atoms with Gasteiger partial charge in [0.2, 0.25) is 5.91 Å². The molecule has 3 N–H and O–H groups in total. The number of nitrogens with zero attached hydrogens (tertiary/aromatic N) is 2. The molecule has 1 aromatic heterocycles. The molecule has 0 bridgehead atoms. The number of anilines is 1. The maximum atomic E-state index is 12.1. The lowest BCUT2D eigenvalue weighted by Gasteiger charge is -2.10. The SMILES string of the molecule is CC(C)NC(=O)Nc1ccc(CNC(=O)/C=C/c2cnn(-c3ccccc3)c2)cc1. The molecule has 0 fully saturated rings. The Balaban J connectivity index is 1.47. The van der Waals surface area contributed by atoms with Crippen molar-refractivity contribution in [2.75, 3.05) is 5.32 Å². The summed E-state index contributed by atoms with van der Waals surface area (Å²) < 4.78 is 1.76. The van der Waals surface area contributed by atoms with Gasteiger partial charge in [-0.2, -0.15) is 5.10 Å². The lowest BCUT2D eigenvalue weighted by atomic mass is 10.2. The Morgan fingerprint density at radius 2 is 1.80 bits per heavy atom. The number of benzene rings is 2. The highest BCUT2D eigenvalue weighted by molar-refractivity contribution is 5.91. The summed E-state index contributed by atoms with van der Waals surface area (Å²) in [7, 11) is 0. The number of amides is 3. The van der Waals surface area contributed by atoms with Crippen LogP contribution >= 0.6 is 0 Å². The van der Waals surface area contributed by atoms with E-state index in [1.54, 1.807) is 29.1 Å². The first-order chi connectivity index (χ1) is 14.5. The Morgan fingerprint density at radius 3 is 2.50 bits per heavy atom. The molecule has 0 aliphatic carbocycles. The Bertz CT molecular complexity index is 1010. The normalized spacial score (nSPS) is 10.9. The third-order valence-corrected chi connectivity index (χ3v) is 4.15. The molecule has 0 aliphatic rings. The molecule has 3 aromatic rings. The molecular weight excluding hydrogens is 378 g/mol. The predicted octanol–water partition coefficient (Wildman–Crippen LogP) is 3.73. The minimum Gasteiger partial charge on any atom is -0.348 e. The number of para-hydroxylation sites is 1. The second-order valence-electron chi connectivity index (χ2n) is 7.06. The van der Waals surface area contributed by atoms with E-state index in [1.807, 2.05) is 62.5 Å². The lowest BCUT2D eigenvalue weighted by molar-refractivity contribution is -0.116. The average molecular weight is 403 g/mol. The van der Waals surface area contributed by atoms with Crippen LogP contribution in [0.25, 0.3) is 11.8 Å². The van der Waals surface area contributed by atoms with Crippen molar-refractivity contribution in [3.63, 3.8) is 0 Å². The van der Waals surface area contributed by atoms with Crippen LogP contribution in [0.2, 0.25) is 0 Å². The molecule has 0 atom stereocenters. The maximum absolute atomic E-state index is 12.1. The Kier molecular flexibility index (Phi) is 7.00. The van der Waals surface area contributed by atoms with Crippen molar-refractivity contribution < 1.29 is 9.59 Å². The number of urea groups is 1. The van der Waals surface area contributed by atoms with Crippen LogP contribution in [0.1, 0.15) is 25.0 Å². The van der Waals surface area contributed by atoms with Crippen LogP contribution in [0.4, 0.5) is 10.5 Å². The summed E-state index contributed by atoms with van der Waals surface area (Å²) in [6.45, 7) is 4.19. The number of rotatable bonds is 7. The average Bonchev–Trinajstić information content (AvgIpc) is 3.21. The van der Waals surface area contributed by atoms with Crippen molar-refractivity contribution in [3.05, 3.63) is 84.2 Å². The smallest absolute Gasteiger partial charge is 0.319 e. The van der Waals surface area contributed by atoms with E-state index < -0.39 is 0 Å². The van der Waals surface area contributed by atoms with Crippen molar-refractivity contribution >= 4 is 23.7 Å². The number of aromatic nitrogens is 2. The predicted molar refractivity (Wildman–Crippen MR) is 118 cm³/mol. The van der Waals surface area contributed by atoms with Crippen LogP contribution < -0.4 is 16.0 Å². The number of carbonyl (C=O) groups excluding carboxylic acids is 2. The summed E-state index contributed by atoms with van der Waals surface area (Å²) in [4.78, 5) is 23.8. The maximum Gasteiger partial charge on any atom is 0.319 e. The molecule has 3 rings (SSSR count). The van der Waals surface area contributed by atoms with Gasteiger partial charge in [0.25, 0.3) is 0 Å². The van der Waals surface area contributed by atoms with E-state index in [0.29, 0.717) is 12.2 Å². The molecule has 0 saturated carbocycles. The molecule has 0 saturated heterocycles. The van der Waals surface area contributed by atoms with Crippen LogP contribution in [0.5, 0.6) is 0 Å². The van der Waals surface area contributed by atoms with Crippen LogP contribution in [0.3, 0.4) is 0 Å². The highest BCUT2D eigenvalue weighted by Gasteiger charge is 2.04. The van der Waals surface area contributed by atoms with Gasteiger partial charge in [-0.15, -0.1) is 0 Å². The summed E-state index contributed by atoms with van der Waals surface area (Å²) in [6, 6.07) is 16.9. The highest BCUT2D eigenvalue weighted by atomic mass is 16.2. The molecular formula is C23H25N5O2. The molecule has 0 unspecified atom stereocenters. The topological polar surface area (TPSA) is 88.1 Å². The van der Waals surface area contributed by atoms with Gasteiger partial charge >= 0.3 is 6.03 Å². The monoisotopic (exact) mass is 403 g/mol. The van der Waals surface area contributed by atoms with E-state index in [-0.39, 0.29) is 18.0 Å². The quantitative estimate of drug-likeness (QED) is 0.525. The summed E-state index contributed by atoms with van der Waals surface area (Å²) in [5, 5.41) is 12.7. The zero-order valence-electron chi connectivity index (χ0n) is 17.0. The van der Waals surface area contributed by atoms with E-state index in [4.69, 9.17) is 0 Å². The summed E-state index contributed by atoms with van der Waals surface area (Å²) >= 11 is 0. The van der Waals surface area contributed by atoms with Crippen LogP contribution in [-0.2, 0) is 11.3 Å². The minimum atomic E-state index is -0.244. The van der Waals surface area contributed by atoms with Gasteiger partial charge in [0, 0.05) is 36.1 Å². The number of carbonyl (C=O) groups is 2. The molecule has 0 spiro atoms. The van der Waals surface area contributed by atoms with E-state index in [2.05, 4.69) is 21.0 Å². The van der Waals surface area contributed by atoms with Crippen LogP contribution in [0.15, 0.2) is 73.1 Å². The second-order valence-corrected chi connectivity index (χ2v) is 7.06. The van der Waals surface area contributed by atoms with Crippen molar-refractivity contribution in [2.24, 2.45) is 0 Å². The zero-order chi connectivity index (χ0) is 21.3. The summed E-state index contributed by atoms with van der Waals surface area (Å²) in [5.74, 6) is -0.194. The van der Waals surface area contributed by atoms with E-state index in [0.717, 1.165) is 16.8 Å². The third kappa shape index (κ3) is 6.34. The molecule has 7 heteroatoms. The van der Waals surface area contributed by atoms with Gasteiger partial charge in [0.05, 0.1) is 11.9 Å². The fraction of sp³-hybridized carbons (Fsp3) is 0.174. The highest BCUT2D eigenvalue weighted by Crippen LogP contribution is 2.10. The zero-order valence-corrected chi connectivity index (χ0v) is 17.0. The van der Waals surface area contributed by atoms with E-state index in [9.17, 15) is 9.59 Å². The van der Waals surface area contributed by atoms with Gasteiger partial charge in [0.1, 0.15) is 0 Å². The van der Waals surface area contributed by atoms with Gasteiger partial charge in [-0.05, 0) is 49.8 Å². The van der Waals surface area contributed by atoms with Gasteiger partial charge in [-0.25, -0.2) is 9.48 Å². The molecule has 2 aromatic carbocycles. The van der Waals surface area contributed by atoms with Gasteiger partial charge < -0.3 is 16.0 Å². The van der Waals surface area contributed by atoms with Gasteiger partial charge in [-0.1, -0.05) is 30.3 Å². The fourth-order valence-electron chi connectivity index (χ4n) is 2.70. The molecule has 0 radical (unpaired) electrons. The molecule has 3 amide bonds. The minimum absolute atomic E-state index is 0.0696. The van der Waals surface area contributed by atoms with Gasteiger partial charge in [-0.3, -0.25) is 4.79 Å². The fourth-order valence-corrected chi connectivity index (χ4v) is 2.70. The molecule has 7 nitrogen and oxygen atoms in total. The van der Waals surface area contributed by atoms with E-state index in [1.165, 1.54) is 6.08 Å². The van der Waals surface area contributed by atoms with Crippen LogP contribution in [0, 0.1) is 0 Å². The molecule has 154 valence electrons. The van der Waals surface area contributed by atoms with Crippen molar-refractivity contribution in [1.29, 1.82) is 0 Å². The number of hydrogen-bond acceptors (Lipinski definition) is 3. The lowest BCUT2D eigenvalue weighted by Crippen LogP contribution is -2.34. The van der Waals surface area contributed by atoms with Crippen molar-refractivity contribution in [3.8, 4) is 5.69 Å². The number of nitrogens with one attached hydrogen (secondary N) is 3. The second kappa shape index (κ2) is 10.1. The van der Waals surface area contributed by atoms with E-state index >= 15 is 0 Å². The van der Waals surface area contributed by atoms with Crippen molar-refractivity contribution in [2.45, 2.75) is 26.4 Å². The van der Waals surface area contributed by atoms with Gasteiger partial charge in [0.15, 0.2) is 0 Å². The summed E-state index contributed by atoms with van der Waals surface area (Å²) in [6.07, 6.45) is 6.78. The Hall–Kier alpha value is -3.87. The first-order valence-electron chi connectivity index (χ1n) is 9.72. The largest absolute Gasteiger partial charge is 0.348 e. The Labute approximate surface area is 175 Å². The number of hydrogen-bond donors (Lipinski definition) is 3.